The number of amides is 1. The van der Waals surface area contributed by atoms with E-state index in [0.29, 0.717) is 10.8 Å². The van der Waals surface area contributed by atoms with Gasteiger partial charge in [-0.05, 0) is 30.7 Å². The maximum absolute atomic E-state index is 12.4. The molecule has 2 aromatic carbocycles. The molecule has 0 spiro atoms. The van der Waals surface area contributed by atoms with E-state index < -0.39 is 0 Å². The van der Waals surface area contributed by atoms with Crippen molar-refractivity contribution in [3.05, 3.63) is 84.7 Å². The summed E-state index contributed by atoms with van der Waals surface area (Å²) >= 11 is 1.35. The van der Waals surface area contributed by atoms with Gasteiger partial charge in [-0.25, -0.2) is 0 Å². The van der Waals surface area contributed by atoms with Crippen LogP contribution < -0.4 is 5.32 Å². The second kappa shape index (κ2) is 8.70. The van der Waals surface area contributed by atoms with Crippen LogP contribution in [0.4, 0.5) is 5.69 Å². The lowest BCUT2D eigenvalue weighted by Crippen LogP contribution is -2.15. The number of nitrogens with one attached hydrogen (secondary N) is 1. The van der Waals surface area contributed by atoms with Crippen molar-refractivity contribution in [3.63, 3.8) is 0 Å². The number of aromatic nitrogens is 4. The first-order valence-corrected chi connectivity index (χ1v) is 10.1. The van der Waals surface area contributed by atoms with Crippen molar-refractivity contribution in [1.29, 1.82) is 0 Å². The molecule has 0 saturated carbocycles. The first-order chi connectivity index (χ1) is 14.2. The van der Waals surface area contributed by atoms with E-state index in [2.05, 4.69) is 20.5 Å². The summed E-state index contributed by atoms with van der Waals surface area (Å²) in [6.45, 7) is 1.93. The second-order valence-corrected chi connectivity index (χ2v) is 7.31. The topological polar surface area (TPSA) is 72.7 Å². The minimum absolute atomic E-state index is 0.116. The summed E-state index contributed by atoms with van der Waals surface area (Å²) in [6.07, 6.45) is 3.35. The van der Waals surface area contributed by atoms with E-state index in [4.69, 9.17) is 0 Å². The third kappa shape index (κ3) is 4.35. The van der Waals surface area contributed by atoms with Gasteiger partial charge in [0.1, 0.15) is 0 Å². The van der Waals surface area contributed by atoms with Gasteiger partial charge in [0.15, 0.2) is 11.0 Å². The molecule has 0 aliphatic carbocycles. The summed E-state index contributed by atoms with van der Waals surface area (Å²) in [5.41, 5.74) is 3.60. The van der Waals surface area contributed by atoms with Gasteiger partial charge in [-0.3, -0.25) is 14.3 Å². The van der Waals surface area contributed by atoms with Crippen molar-refractivity contribution in [2.75, 3.05) is 11.1 Å². The Labute approximate surface area is 173 Å². The molecule has 0 saturated heterocycles. The predicted octanol–water partition coefficient (Wildman–Crippen LogP) is 4.37. The Hall–Kier alpha value is -3.45. The Morgan fingerprint density at radius 2 is 1.72 bits per heavy atom. The van der Waals surface area contributed by atoms with Gasteiger partial charge in [0.25, 0.3) is 0 Å². The van der Waals surface area contributed by atoms with E-state index in [1.165, 1.54) is 11.8 Å². The summed E-state index contributed by atoms with van der Waals surface area (Å²) in [5, 5.41) is 12.3. The van der Waals surface area contributed by atoms with Crippen molar-refractivity contribution in [2.45, 2.75) is 12.1 Å². The fraction of sp³-hybridized carbons (Fsp3) is 0.0909. The summed E-state index contributed by atoms with van der Waals surface area (Å²) in [5.74, 6) is 0.839. The van der Waals surface area contributed by atoms with Crippen LogP contribution in [0.15, 0.2) is 84.3 Å². The number of carbonyl (C=O) groups excluding carboxylic acids is 1. The normalized spacial score (nSPS) is 10.7. The van der Waals surface area contributed by atoms with Crippen LogP contribution in [0.1, 0.15) is 5.56 Å². The Balaban J connectivity index is 1.58. The second-order valence-electron chi connectivity index (χ2n) is 6.37. The molecular formula is C22H19N5OS. The van der Waals surface area contributed by atoms with Crippen molar-refractivity contribution in [2.24, 2.45) is 0 Å². The predicted molar refractivity (Wildman–Crippen MR) is 115 cm³/mol. The average molecular weight is 401 g/mol. The number of anilines is 1. The minimum Gasteiger partial charge on any atom is -0.324 e. The van der Waals surface area contributed by atoms with Gasteiger partial charge >= 0.3 is 0 Å². The molecule has 2 aromatic heterocycles. The molecule has 0 unspecified atom stereocenters. The van der Waals surface area contributed by atoms with Crippen molar-refractivity contribution in [1.82, 2.24) is 19.7 Å². The molecular weight excluding hydrogens is 382 g/mol. The van der Waals surface area contributed by atoms with Crippen molar-refractivity contribution < 1.29 is 4.79 Å². The molecule has 0 atom stereocenters. The number of carbonyl (C=O) groups is 1. The fourth-order valence-electron chi connectivity index (χ4n) is 2.86. The van der Waals surface area contributed by atoms with Crippen LogP contribution in [0.5, 0.6) is 0 Å². The number of para-hydroxylation sites is 1. The lowest BCUT2D eigenvalue weighted by Gasteiger charge is -2.11. The highest BCUT2D eigenvalue weighted by Gasteiger charge is 2.17. The van der Waals surface area contributed by atoms with Crippen LogP contribution in [0.3, 0.4) is 0 Å². The Morgan fingerprint density at radius 1 is 1.00 bits per heavy atom. The molecule has 0 radical (unpaired) electrons. The van der Waals surface area contributed by atoms with Crippen molar-refractivity contribution >= 4 is 23.4 Å². The van der Waals surface area contributed by atoms with Gasteiger partial charge in [0, 0.05) is 17.4 Å². The maximum atomic E-state index is 12.4. The molecule has 2 heterocycles. The highest BCUT2D eigenvalue weighted by molar-refractivity contribution is 7.99. The maximum Gasteiger partial charge on any atom is 0.234 e. The van der Waals surface area contributed by atoms with E-state index >= 15 is 0 Å². The molecule has 0 aliphatic heterocycles. The molecule has 144 valence electrons. The molecule has 0 bridgehead atoms. The fourth-order valence-corrected chi connectivity index (χ4v) is 3.61. The Kier molecular flexibility index (Phi) is 5.67. The van der Waals surface area contributed by atoms with Crippen LogP contribution in [0.2, 0.25) is 0 Å². The number of aryl methyl sites for hydroxylation is 1. The summed E-state index contributed by atoms with van der Waals surface area (Å²) < 4.78 is 1.97. The molecule has 1 amide bonds. The third-order valence-corrected chi connectivity index (χ3v) is 5.25. The standard InChI is InChI=1S/C22H19N5OS/c1-16-12-13-23-14-19(16)24-20(28)15-29-22-26-25-21(17-8-4-2-5-9-17)27(22)18-10-6-3-7-11-18/h2-14H,15H2,1H3,(H,24,28). The zero-order valence-corrected chi connectivity index (χ0v) is 16.6. The highest BCUT2D eigenvalue weighted by atomic mass is 32.2. The first kappa shape index (κ1) is 18.9. The van der Waals surface area contributed by atoms with E-state index in [-0.39, 0.29) is 11.7 Å². The van der Waals surface area contributed by atoms with Crippen LogP contribution >= 0.6 is 11.8 Å². The molecule has 0 fully saturated rings. The number of rotatable bonds is 6. The smallest absolute Gasteiger partial charge is 0.234 e. The summed E-state index contributed by atoms with van der Waals surface area (Å²) in [6, 6.07) is 21.7. The Bertz CT molecular complexity index is 1110. The Morgan fingerprint density at radius 3 is 2.45 bits per heavy atom. The van der Waals surface area contributed by atoms with Crippen molar-refractivity contribution in [3.8, 4) is 17.1 Å². The molecule has 7 heteroatoms. The van der Waals surface area contributed by atoms with Gasteiger partial charge in [-0.2, -0.15) is 0 Å². The van der Waals surface area contributed by atoms with E-state index in [1.54, 1.807) is 12.4 Å². The minimum atomic E-state index is -0.116. The molecule has 4 rings (SSSR count). The van der Waals surface area contributed by atoms with Gasteiger partial charge in [0.2, 0.25) is 5.91 Å². The van der Waals surface area contributed by atoms with Gasteiger partial charge in [-0.1, -0.05) is 60.3 Å². The molecule has 6 nitrogen and oxygen atoms in total. The van der Waals surface area contributed by atoms with Crippen LogP contribution in [0, 0.1) is 6.92 Å². The van der Waals surface area contributed by atoms with Gasteiger partial charge in [0.05, 0.1) is 17.6 Å². The molecule has 1 N–H and O–H groups in total. The largest absolute Gasteiger partial charge is 0.324 e. The van der Waals surface area contributed by atoms with E-state index in [1.807, 2.05) is 78.2 Å². The summed E-state index contributed by atoms with van der Waals surface area (Å²) in [7, 11) is 0. The highest BCUT2D eigenvalue weighted by Crippen LogP contribution is 2.28. The van der Waals surface area contributed by atoms with Crippen LogP contribution in [-0.2, 0) is 4.79 Å². The summed E-state index contributed by atoms with van der Waals surface area (Å²) in [4.78, 5) is 16.5. The SMILES string of the molecule is Cc1ccncc1NC(=O)CSc1nnc(-c2ccccc2)n1-c1ccccc1. The third-order valence-electron chi connectivity index (χ3n) is 4.33. The zero-order chi connectivity index (χ0) is 20.1. The number of hydrogen-bond acceptors (Lipinski definition) is 5. The number of hydrogen-bond donors (Lipinski definition) is 1. The number of pyridine rings is 1. The monoisotopic (exact) mass is 401 g/mol. The van der Waals surface area contributed by atoms with Gasteiger partial charge in [-0.15, -0.1) is 10.2 Å². The van der Waals surface area contributed by atoms with Gasteiger partial charge < -0.3 is 5.32 Å². The molecule has 29 heavy (non-hydrogen) atoms. The quantitative estimate of drug-likeness (QED) is 0.486. The average Bonchev–Trinajstić information content (AvgIpc) is 3.19. The van der Waals surface area contributed by atoms with Crippen LogP contribution in [0.25, 0.3) is 17.1 Å². The number of nitrogens with zero attached hydrogens (tertiary/aromatic N) is 4. The lowest BCUT2D eigenvalue weighted by atomic mass is 10.2. The zero-order valence-electron chi connectivity index (χ0n) is 15.8. The molecule has 0 aliphatic rings. The molecule has 4 aromatic rings. The van der Waals surface area contributed by atoms with E-state index in [9.17, 15) is 4.79 Å². The van der Waals surface area contributed by atoms with Crippen LogP contribution in [-0.4, -0.2) is 31.4 Å². The first-order valence-electron chi connectivity index (χ1n) is 9.12. The van der Waals surface area contributed by atoms with E-state index in [0.717, 1.165) is 22.6 Å². The number of benzene rings is 2. The number of thioether (sulfide) groups is 1. The lowest BCUT2D eigenvalue weighted by molar-refractivity contribution is -0.113.